The van der Waals surface area contributed by atoms with Gasteiger partial charge in [0.05, 0.1) is 39.3 Å². The number of rotatable bonds is 11. The SMILES string of the molecule is COc1cccc(OCCNC(=O)c2ccc(CN(c3ccccc3OC)S(C)(=O)=O)cc2)c1. The molecule has 3 aromatic carbocycles. The third-order valence-corrected chi connectivity index (χ3v) is 6.12. The Hall–Kier alpha value is -3.72. The Labute approximate surface area is 200 Å². The summed E-state index contributed by atoms with van der Waals surface area (Å²) in [5.41, 5.74) is 1.65. The van der Waals surface area contributed by atoms with Gasteiger partial charge in [0.25, 0.3) is 5.91 Å². The van der Waals surface area contributed by atoms with Crippen molar-refractivity contribution >= 4 is 21.6 Å². The lowest BCUT2D eigenvalue weighted by atomic mass is 10.1. The Balaban J connectivity index is 1.59. The highest BCUT2D eigenvalue weighted by Crippen LogP contribution is 2.30. The van der Waals surface area contributed by atoms with Crippen LogP contribution in [-0.4, -0.2) is 48.0 Å². The van der Waals surface area contributed by atoms with E-state index in [4.69, 9.17) is 14.2 Å². The molecule has 1 N–H and O–H groups in total. The first-order valence-electron chi connectivity index (χ1n) is 10.6. The minimum Gasteiger partial charge on any atom is -0.497 e. The van der Waals surface area contributed by atoms with Crippen LogP contribution in [0.3, 0.4) is 0 Å². The number of methoxy groups -OCH3 is 2. The van der Waals surface area contributed by atoms with Crippen molar-refractivity contribution in [2.45, 2.75) is 6.54 Å². The van der Waals surface area contributed by atoms with Crippen LogP contribution >= 0.6 is 0 Å². The summed E-state index contributed by atoms with van der Waals surface area (Å²) in [5.74, 6) is 1.57. The van der Waals surface area contributed by atoms with Gasteiger partial charge < -0.3 is 19.5 Å². The van der Waals surface area contributed by atoms with Gasteiger partial charge in [-0.05, 0) is 42.0 Å². The molecule has 0 spiro atoms. The van der Waals surface area contributed by atoms with Crippen LogP contribution in [-0.2, 0) is 16.6 Å². The first kappa shape index (κ1) is 24.9. The van der Waals surface area contributed by atoms with Gasteiger partial charge in [-0.3, -0.25) is 9.10 Å². The number of benzene rings is 3. The fourth-order valence-electron chi connectivity index (χ4n) is 3.27. The molecule has 0 saturated heterocycles. The van der Waals surface area contributed by atoms with E-state index in [-0.39, 0.29) is 12.5 Å². The van der Waals surface area contributed by atoms with Crippen LogP contribution in [0.15, 0.2) is 72.8 Å². The number of sulfonamides is 1. The number of amides is 1. The van der Waals surface area contributed by atoms with Gasteiger partial charge in [0.2, 0.25) is 10.0 Å². The summed E-state index contributed by atoms with van der Waals surface area (Å²) < 4.78 is 42.3. The van der Waals surface area contributed by atoms with Crippen LogP contribution < -0.4 is 23.8 Å². The summed E-state index contributed by atoms with van der Waals surface area (Å²) in [6, 6.07) is 20.9. The largest absolute Gasteiger partial charge is 0.497 e. The predicted octanol–water partition coefficient (Wildman–Crippen LogP) is 3.48. The molecule has 3 aromatic rings. The molecule has 3 rings (SSSR count). The molecule has 0 unspecified atom stereocenters. The molecule has 0 atom stereocenters. The Bertz CT molecular complexity index is 1210. The summed E-state index contributed by atoms with van der Waals surface area (Å²) in [6.45, 7) is 0.738. The second-order valence-electron chi connectivity index (χ2n) is 7.42. The standard InChI is InChI=1S/C25H28N2O6S/c1-31-21-7-6-8-22(17-21)33-16-15-26-25(28)20-13-11-19(12-14-20)18-27(34(3,29)30)23-9-4-5-10-24(23)32-2/h4-14,17H,15-16,18H2,1-3H3,(H,26,28). The minimum absolute atomic E-state index is 0.107. The number of nitrogens with zero attached hydrogens (tertiary/aromatic N) is 1. The molecule has 0 aliphatic heterocycles. The number of hydrogen-bond donors (Lipinski definition) is 1. The second-order valence-corrected chi connectivity index (χ2v) is 9.33. The molecule has 0 aliphatic rings. The third kappa shape index (κ3) is 6.64. The zero-order valence-corrected chi connectivity index (χ0v) is 20.2. The van der Waals surface area contributed by atoms with Gasteiger partial charge in [-0.1, -0.05) is 30.3 Å². The number of para-hydroxylation sites is 2. The summed E-state index contributed by atoms with van der Waals surface area (Å²) in [5, 5.41) is 2.81. The molecule has 0 heterocycles. The quantitative estimate of drug-likeness (QED) is 0.419. The number of carbonyl (C=O) groups excluding carboxylic acids is 1. The summed E-state index contributed by atoms with van der Waals surface area (Å²) >= 11 is 0. The molecule has 1 amide bonds. The van der Waals surface area contributed by atoms with E-state index in [0.29, 0.717) is 41.7 Å². The van der Waals surface area contributed by atoms with Crippen LogP contribution in [0.2, 0.25) is 0 Å². The molecule has 0 aliphatic carbocycles. The first-order valence-corrected chi connectivity index (χ1v) is 12.4. The zero-order chi connectivity index (χ0) is 24.6. The monoisotopic (exact) mass is 484 g/mol. The fourth-order valence-corrected chi connectivity index (χ4v) is 4.16. The number of nitrogens with one attached hydrogen (secondary N) is 1. The molecule has 180 valence electrons. The maximum Gasteiger partial charge on any atom is 0.251 e. The molecular formula is C25H28N2O6S. The number of hydrogen-bond acceptors (Lipinski definition) is 6. The van der Waals surface area contributed by atoms with Crippen molar-refractivity contribution in [3.05, 3.63) is 83.9 Å². The van der Waals surface area contributed by atoms with Crippen LogP contribution in [0, 0.1) is 0 Å². The Morgan fingerprint density at radius 3 is 2.29 bits per heavy atom. The van der Waals surface area contributed by atoms with Crippen LogP contribution in [0.1, 0.15) is 15.9 Å². The maximum atomic E-state index is 12.5. The zero-order valence-electron chi connectivity index (χ0n) is 19.4. The van der Waals surface area contributed by atoms with E-state index in [2.05, 4.69) is 5.32 Å². The Morgan fingerprint density at radius 2 is 1.62 bits per heavy atom. The predicted molar refractivity (Wildman–Crippen MR) is 131 cm³/mol. The lowest BCUT2D eigenvalue weighted by Gasteiger charge is -2.24. The van der Waals surface area contributed by atoms with Crippen molar-refractivity contribution < 1.29 is 27.4 Å². The lowest BCUT2D eigenvalue weighted by molar-refractivity contribution is 0.0947. The van der Waals surface area contributed by atoms with Crippen molar-refractivity contribution in [3.63, 3.8) is 0 Å². The third-order valence-electron chi connectivity index (χ3n) is 4.99. The number of anilines is 1. The van der Waals surface area contributed by atoms with Gasteiger partial charge in [0.15, 0.2) is 0 Å². The molecule has 8 nitrogen and oxygen atoms in total. The average Bonchev–Trinajstić information content (AvgIpc) is 2.85. The lowest BCUT2D eigenvalue weighted by Crippen LogP contribution is -2.30. The van der Waals surface area contributed by atoms with Crippen LogP contribution in [0.4, 0.5) is 5.69 Å². The number of carbonyl (C=O) groups is 1. The number of ether oxygens (including phenoxy) is 3. The van der Waals surface area contributed by atoms with E-state index < -0.39 is 10.0 Å². The summed E-state index contributed by atoms with van der Waals surface area (Å²) in [4.78, 5) is 12.4. The summed E-state index contributed by atoms with van der Waals surface area (Å²) in [7, 11) is -0.486. The molecule has 0 bridgehead atoms. The normalized spacial score (nSPS) is 10.9. The average molecular weight is 485 g/mol. The van der Waals surface area contributed by atoms with Crippen molar-refractivity contribution in [3.8, 4) is 17.2 Å². The minimum atomic E-state index is -3.57. The smallest absolute Gasteiger partial charge is 0.251 e. The molecule has 0 saturated carbocycles. The van der Waals surface area contributed by atoms with E-state index in [1.807, 2.05) is 18.2 Å². The molecular weight excluding hydrogens is 456 g/mol. The molecule has 34 heavy (non-hydrogen) atoms. The van der Waals surface area contributed by atoms with Crippen LogP contribution in [0.5, 0.6) is 17.2 Å². The van der Waals surface area contributed by atoms with Gasteiger partial charge in [-0.2, -0.15) is 0 Å². The van der Waals surface area contributed by atoms with E-state index in [1.165, 1.54) is 11.4 Å². The second kappa shape index (κ2) is 11.4. The van der Waals surface area contributed by atoms with Gasteiger partial charge in [-0.15, -0.1) is 0 Å². The van der Waals surface area contributed by atoms with E-state index in [9.17, 15) is 13.2 Å². The molecule has 0 radical (unpaired) electrons. The van der Waals surface area contributed by atoms with Gasteiger partial charge in [-0.25, -0.2) is 8.42 Å². The molecule has 9 heteroatoms. The Morgan fingerprint density at radius 1 is 0.912 bits per heavy atom. The Kier molecular flexibility index (Phi) is 8.37. The van der Waals surface area contributed by atoms with Gasteiger partial charge in [0, 0.05) is 11.6 Å². The van der Waals surface area contributed by atoms with E-state index in [1.54, 1.807) is 61.7 Å². The van der Waals surface area contributed by atoms with Gasteiger partial charge in [0.1, 0.15) is 23.9 Å². The van der Waals surface area contributed by atoms with E-state index in [0.717, 1.165) is 11.8 Å². The fraction of sp³-hybridized carbons (Fsp3) is 0.240. The highest BCUT2D eigenvalue weighted by Gasteiger charge is 2.21. The molecule has 0 aromatic heterocycles. The van der Waals surface area contributed by atoms with Crippen molar-refractivity contribution in [2.24, 2.45) is 0 Å². The topological polar surface area (TPSA) is 94.2 Å². The maximum absolute atomic E-state index is 12.5. The van der Waals surface area contributed by atoms with Crippen LogP contribution in [0.25, 0.3) is 0 Å². The highest BCUT2D eigenvalue weighted by molar-refractivity contribution is 7.92. The van der Waals surface area contributed by atoms with Crippen molar-refractivity contribution in [1.29, 1.82) is 0 Å². The van der Waals surface area contributed by atoms with Crippen molar-refractivity contribution in [2.75, 3.05) is 37.9 Å². The summed E-state index contributed by atoms with van der Waals surface area (Å²) in [6.07, 6.45) is 1.15. The molecule has 0 fully saturated rings. The van der Waals surface area contributed by atoms with Crippen molar-refractivity contribution in [1.82, 2.24) is 5.32 Å². The van der Waals surface area contributed by atoms with E-state index >= 15 is 0 Å². The van der Waals surface area contributed by atoms with Gasteiger partial charge >= 0.3 is 0 Å². The highest BCUT2D eigenvalue weighted by atomic mass is 32.2. The first-order chi connectivity index (χ1) is 16.3.